The predicted molar refractivity (Wildman–Crippen MR) is 67.5 cm³/mol. The molecule has 1 saturated carbocycles. The van der Waals surface area contributed by atoms with Gasteiger partial charge in [-0.1, -0.05) is 13.8 Å². The third-order valence-electron chi connectivity index (χ3n) is 5.21. The fourth-order valence-corrected chi connectivity index (χ4v) is 4.03. The van der Waals surface area contributed by atoms with Crippen LogP contribution in [0.3, 0.4) is 0 Å². The normalized spacial score (nSPS) is 41.0. The summed E-state index contributed by atoms with van der Waals surface area (Å²) in [6.45, 7) is 4.81. The van der Waals surface area contributed by atoms with E-state index in [9.17, 15) is 0 Å². The van der Waals surface area contributed by atoms with Crippen molar-refractivity contribution in [2.24, 2.45) is 5.41 Å². The van der Waals surface area contributed by atoms with Crippen LogP contribution in [0.5, 0.6) is 0 Å². The van der Waals surface area contributed by atoms with Gasteiger partial charge >= 0.3 is 0 Å². The molecule has 88 valence electrons. The van der Waals surface area contributed by atoms with Crippen LogP contribution in [0, 0.1) is 5.41 Å². The van der Waals surface area contributed by atoms with Gasteiger partial charge in [-0.05, 0) is 18.1 Å². The van der Waals surface area contributed by atoms with Gasteiger partial charge in [0.25, 0.3) is 0 Å². The zero-order valence-electron chi connectivity index (χ0n) is 10.5. The van der Waals surface area contributed by atoms with E-state index in [0.717, 1.165) is 0 Å². The number of hydrogen-bond acceptors (Lipinski definition) is 3. The van der Waals surface area contributed by atoms with Gasteiger partial charge < -0.3 is 9.80 Å². The van der Waals surface area contributed by atoms with Gasteiger partial charge in [0.05, 0.1) is 11.9 Å². The van der Waals surface area contributed by atoms with Crippen molar-refractivity contribution < 1.29 is 0 Å². The highest BCUT2D eigenvalue weighted by Crippen LogP contribution is 2.72. The fraction of sp³-hybridized carbons (Fsp3) is 0.500. The lowest BCUT2D eigenvalue weighted by atomic mass is 9.82. The van der Waals surface area contributed by atoms with E-state index in [0.29, 0.717) is 17.0 Å². The highest BCUT2D eigenvalue weighted by Gasteiger charge is 2.71. The smallest absolute Gasteiger partial charge is 0.111 e. The second kappa shape index (κ2) is 2.50. The molecule has 1 aliphatic carbocycles. The number of aromatic nitrogens is 1. The van der Waals surface area contributed by atoms with E-state index < -0.39 is 0 Å². The van der Waals surface area contributed by atoms with E-state index in [1.807, 2.05) is 12.4 Å². The first-order valence-electron chi connectivity index (χ1n) is 6.21. The minimum Gasteiger partial charge on any atom is -0.358 e. The number of pyridine rings is 1. The van der Waals surface area contributed by atoms with Crippen LogP contribution in [0.4, 0.5) is 5.69 Å². The largest absolute Gasteiger partial charge is 0.358 e. The standard InChI is InChI=1S/C14H17N3/c1-13-9-14(13,2)12-16(3)6-7-17(12)11-8-15-5-4-10(11)13/h4-8,12H,9H2,1-3H3. The minimum absolute atomic E-state index is 0.326. The molecule has 3 heteroatoms. The number of fused-ring (bicyclic) bond motifs is 6. The number of rotatable bonds is 0. The highest BCUT2D eigenvalue weighted by molar-refractivity contribution is 5.66. The second-order valence-electron chi connectivity index (χ2n) is 6.06. The molecule has 17 heavy (non-hydrogen) atoms. The molecule has 0 N–H and O–H groups in total. The molecular formula is C14H17N3. The van der Waals surface area contributed by atoms with Crippen molar-refractivity contribution in [2.45, 2.75) is 31.8 Å². The van der Waals surface area contributed by atoms with Crippen LogP contribution in [-0.4, -0.2) is 23.1 Å². The summed E-state index contributed by atoms with van der Waals surface area (Å²) in [5, 5.41) is 0. The average Bonchev–Trinajstić information content (AvgIpc) is 2.68. The van der Waals surface area contributed by atoms with Gasteiger partial charge in [-0.3, -0.25) is 4.98 Å². The van der Waals surface area contributed by atoms with E-state index >= 15 is 0 Å². The summed E-state index contributed by atoms with van der Waals surface area (Å²) >= 11 is 0. The van der Waals surface area contributed by atoms with Crippen molar-refractivity contribution in [3.8, 4) is 0 Å². The third-order valence-corrected chi connectivity index (χ3v) is 5.21. The summed E-state index contributed by atoms with van der Waals surface area (Å²) in [5.41, 5.74) is 3.44. The molecule has 3 atom stereocenters. The lowest BCUT2D eigenvalue weighted by Crippen LogP contribution is -2.49. The first-order valence-corrected chi connectivity index (χ1v) is 6.21. The van der Waals surface area contributed by atoms with Gasteiger partial charge in [0.1, 0.15) is 6.17 Å². The Balaban J connectivity index is 1.98. The number of nitrogens with zero attached hydrogens (tertiary/aromatic N) is 3. The molecule has 3 heterocycles. The summed E-state index contributed by atoms with van der Waals surface area (Å²) in [5.74, 6) is 0. The molecule has 3 aliphatic rings. The molecule has 0 aromatic carbocycles. The Kier molecular flexibility index (Phi) is 1.40. The van der Waals surface area contributed by atoms with E-state index in [-0.39, 0.29) is 0 Å². The van der Waals surface area contributed by atoms with Crippen molar-refractivity contribution in [2.75, 3.05) is 11.9 Å². The maximum atomic E-state index is 4.30. The lowest BCUT2D eigenvalue weighted by molar-refractivity contribution is 0.219. The van der Waals surface area contributed by atoms with Gasteiger partial charge in [0.2, 0.25) is 0 Å². The average molecular weight is 227 g/mol. The molecule has 0 radical (unpaired) electrons. The number of anilines is 1. The quantitative estimate of drug-likeness (QED) is 0.678. The number of hydrogen-bond donors (Lipinski definition) is 0. The Morgan fingerprint density at radius 2 is 2.18 bits per heavy atom. The van der Waals surface area contributed by atoms with Crippen molar-refractivity contribution in [1.29, 1.82) is 0 Å². The van der Waals surface area contributed by atoms with Crippen LogP contribution in [0.15, 0.2) is 30.9 Å². The third kappa shape index (κ3) is 0.853. The molecule has 0 amide bonds. The van der Waals surface area contributed by atoms with E-state index in [1.165, 1.54) is 17.7 Å². The van der Waals surface area contributed by atoms with Crippen molar-refractivity contribution in [3.63, 3.8) is 0 Å². The molecule has 1 fully saturated rings. The Bertz CT molecular complexity index is 538. The first kappa shape index (κ1) is 9.51. The summed E-state index contributed by atoms with van der Waals surface area (Å²) in [6, 6.07) is 2.20. The fourth-order valence-electron chi connectivity index (χ4n) is 4.03. The lowest BCUT2D eigenvalue weighted by Gasteiger charge is -2.43. The van der Waals surface area contributed by atoms with Crippen molar-refractivity contribution in [3.05, 3.63) is 36.4 Å². The van der Waals surface area contributed by atoms with E-state index in [1.54, 1.807) is 0 Å². The van der Waals surface area contributed by atoms with Crippen LogP contribution >= 0.6 is 0 Å². The zero-order chi connectivity index (χ0) is 11.8. The molecule has 2 aliphatic heterocycles. The van der Waals surface area contributed by atoms with Crippen LogP contribution in [0.1, 0.15) is 25.8 Å². The molecule has 1 aromatic rings. The Labute approximate surface area is 102 Å². The molecular weight excluding hydrogens is 210 g/mol. The van der Waals surface area contributed by atoms with Crippen molar-refractivity contribution in [1.82, 2.24) is 9.88 Å². The predicted octanol–water partition coefficient (Wildman–Crippen LogP) is 2.31. The summed E-state index contributed by atoms with van der Waals surface area (Å²) in [4.78, 5) is 9.02. The molecule has 4 rings (SSSR count). The maximum Gasteiger partial charge on any atom is 0.111 e. The van der Waals surface area contributed by atoms with Gasteiger partial charge in [-0.15, -0.1) is 0 Å². The molecule has 0 bridgehead atoms. The molecule has 0 spiro atoms. The van der Waals surface area contributed by atoms with Gasteiger partial charge in [-0.2, -0.15) is 0 Å². The molecule has 3 unspecified atom stereocenters. The Morgan fingerprint density at radius 1 is 1.35 bits per heavy atom. The van der Waals surface area contributed by atoms with Gasteiger partial charge in [0.15, 0.2) is 0 Å². The Morgan fingerprint density at radius 3 is 3.00 bits per heavy atom. The van der Waals surface area contributed by atoms with Crippen LogP contribution < -0.4 is 4.90 Å². The van der Waals surface area contributed by atoms with Gasteiger partial charge in [-0.25, -0.2) is 0 Å². The van der Waals surface area contributed by atoms with E-state index in [2.05, 4.69) is 54.1 Å². The molecule has 3 nitrogen and oxygen atoms in total. The van der Waals surface area contributed by atoms with Gasteiger partial charge in [0, 0.05) is 36.5 Å². The summed E-state index contributed by atoms with van der Waals surface area (Å²) < 4.78 is 0. The van der Waals surface area contributed by atoms with Crippen LogP contribution in [0.25, 0.3) is 0 Å². The van der Waals surface area contributed by atoms with E-state index in [4.69, 9.17) is 0 Å². The maximum absolute atomic E-state index is 4.30. The first-order chi connectivity index (χ1) is 8.08. The SMILES string of the molecule is CN1C=CN2c3cnccc3C3(C)CC3(C)C12. The Hall–Kier alpha value is -1.51. The minimum atomic E-state index is 0.326. The van der Waals surface area contributed by atoms with Crippen LogP contribution in [0.2, 0.25) is 0 Å². The zero-order valence-corrected chi connectivity index (χ0v) is 10.5. The summed E-state index contributed by atoms with van der Waals surface area (Å²) in [6.07, 6.45) is 10.0. The topological polar surface area (TPSA) is 19.4 Å². The monoisotopic (exact) mass is 227 g/mol. The second-order valence-corrected chi connectivity index (χ2v) is 6.06. The highest BCUT2D eigenvalue weighted by atomic mass is 15.4. The van der Waals surface area contributed by atoms with Crippen molar-refractivity contribution >= 4 is 5.69 Å². The molecule has 0 saturated heterocycles. The molecule has 1 aromatic heterocycles. The van der Waals surface area contributed by atoms with Crippen LogP contribution in [-0.2, 0) is 5.41 Å². The summed E-state index contributed by atoms with van der Waals surface area (Å²) in [7, 11) is 2.17.